The standard InChI is InChI=1S/C32H60O10/c1-2-3-4-5-6-7-8-9-10-11-12-13-14-15-16-17-30(36)40-25-24-37-26-28(38-21-18-33)32-31(41-23-20-35)29(27-42-32)39-22-19-34/h9-10,28-29,31-35H,2-8,11-27H2,1H3/b10-9-/t28?,29?,31?,32-/m1/s1. The van der Waals surface area contributed by atoms with E-state index >= 15 is 0 Å². The molecule has 1 heterocycles. The van der Waals surface area contributed by atoms with E-state index < -0.39 is 24.4 Å². The Morgan fingerprint density at radius 2 is 1.40 bits per heavy atom. The minimum absolute atomic E-state index is 0.0910. The summed E-state index contributed by atoms with van der Waals surface area (Å²) in [5, 5.41) is 27.5. The molecule has 42 heavy (non-hydrogen) atoms. The predicted octanol–water partition coefficient (Wildman–Crippen LogP) is 4.12. The number of esters is 1. The molecule has 0 spiro atoms. The summed E-state index contributed by atoms with van der Waals surface area (Å²) < 4.78 is 34.0. The van der Waals surface area contributed by atoms with Crippen LogP contribution in [-0.2, 0) is 33.2 Å². The van der Waals surface area contributed by atoms with Crippen molar-refractivity contribution in [2.45, 2.75) is 121 Å². The Kier molecular flexibility index (Phi) is 26.5. The van der Waals surface area contributed by atoms with Crippen LogP contribution in [0.15, 0.2) is 12.2 Å². The Hall–Kier alpha value is -1.11. The first-order valence-electron chi connectivity index (χ1n) is 16.3. The lowest BCUT2D eigenvalue weighted by molar-refractivity contribution is -0.149. The van der Waals surface area contributed by atoms with E-state index in [-0.39, 0.29) is 72.0 Å². The number of rotatable bonds is 30. The van der Waals surface area contributed by atoms with Crippen molar-refractivity contribution in [3.63, 3.8) is 0 Å². The second-order valence-corrected chi connectivity index (χ2v) is 10.8. The molecule has 248 valence electrons. The van der Waals surface area contributed by atoms with E-state index in [2.05, 4.69) is 19.1 Å². The lowest BCUT2D eigenvalue weighted by atomic mass is 10.1. The smallest absolute Gasteiger partial charge is 0.305 e. The highest BCUT2D eigenvalue weighted by atomic mass is 16.6. The van der Waals surface area contributed by atoms with Gasteiger partial charge in [0.1, 0.15) is 31.0 Å². The third-order valence-corrected chi connectivity index (χ3v) is 7.17. The summed E-state index contributed by atoms with van der Waals surface area (Å²) >= 11 is 0. The van der Waals surface area contributed by atoms with Gasteiger partial charge in [-0.1, -0.05) is 70.4 Å². The monoisotopic (exact) mass is 604 g/mol. The van der Waals surface area contributed by atoms with E-state index in [1.54, 1.807) is 0 Å². The van der Waals surface area contributed by atoms with Gasteiger partial charge >= 0.3 is 5.97 Å². The Labute approximate surface area is 254 Å². The van der Waals surface area contributed by atoms with Crippen molar-refractivity contribution in [3.05, 3.63) is 12.2 Å². The SMILES string of the molecule is CCCCCCCC/C=C\CCCCCCCC(=O)OCCOCC(OCCO)[C@H]1OCC(OCCO)C1OCCO. The molecule has 1 saturated heterocycles. The van der Waals surface area contributed by atoms with Crippen LogP contribution in [0.4, 0.5) is 0 Å². The molecule has 4 atom stereocenters. The van der Waals surface area contributed by atoms with Gasteiger partial charge in [0.25, 0.3) is 0 Å². The third-order valence-electron chi connectivity index (χ3n) is 7.17. The summed E-state index contributed by atoms with van der Waals surface area (Å²) in [5.74, 6) is -0.218. The minimum Gasteiger partial charge on any atom is -0.463 e. The van der Waals surface area contributed by atoms with Crippen molar-refractivity contribution in [1.82, 2.24) is 0 Å². The van der Waals surface area contributed by atoms with Crippen LogP contribution in [0, 0.1) is 0 Å². The highest BCUT2D eigenvalue weighted by molar-refractivity contribution is 5.69. The first-order valence-corrected chi connectivity index (χ1v) is 16.3. The summed E-state index contributed by atoms with van der Waals surface area (Å²) in [5.41, 5.74) is 0. The molecule has 0 amide bonds. The van der Waals surface area contributed by atoms with Crippen molar-refractivity contribution < 1.29 is 48.5 Å². The van der Waals surface area contributed by atoms with Gasteiger partial charge < -0.3 is 43.7 Å². The number of hydrogen-bond acceptors (Lipinski definition) is 10. The number of hydrogen-bond donors (Lipinski definition) is 3. The van der Waals surface area contributed by atoms with Crippen LogP contribution in [0.2, 0.25) is 0 Å². The highest BCUT2D eigenvalue weighted by Crippen LogP contribution is 2.25. The topological polar surface area (TPSA) is 133 Å². The number of unbranched alkanes of at least 4 members (excludes halogenated alkanes) is 11. The molecule has 1 rings (SSSR count). The highest BCUT2D eigenvalue weighted by Gasteiger charge is 2.44. The third kappa shape index (κ3) is 20.0. The molecule has 0 aromatic rings. The average molecular weight is 605 g/mol. The summed E-state index contributed by atoms with van der Waals surface area (Å²) in [6, 6.07) is 0. The molecule has 10 nitrogen and oxygen atoms in total. The van der Waals surface area contributed by atoms with E-state index in [9.17, 15) is 15.0 Å². The molecule has 0 aromatic heterocycles. The van der Waals surface area contributed by atoms with Crippen LogP contribution in [0.5, 0.6) is 0 Å². The van der Waals surface area contributed by atoms with Gasteiger partial charge in [-0.3, -0.25) is 4.79 Å². The fraction of sp³-hybridized carbons (Fsp3) is 0.906. The molecular weight excluding hydrogens is 544 g/mol. The lowest BCUT2D eigenvalue weighted by Gasteiger charge is -2.29. The molecule has 0 aromatic carbocycles. The molecule has 0 bridgehead atoms. The quantitative estimate of drug-likeness (QED) is 0.0625. The first-order chi connectivity index (χ1) is 20.7. The van der Waals surface area contributed by atoms with E-state index in [1.165, 1.54) is 57.8 Å². The van der Waals surface area contributed by atoms with Gasteiger partial charge in [0, 0.05) is 6.42 Å². The van der Waals surface area contributed by atoms with Crippen molar-refractivity contribution in [3.8, 4) is 0 Å². The van der Waals surface area contributed by atoms with E-state index in [1.807, 2.05) is 0 Å². The van der Waals surface area contributed by atoms with Gasteiger partial charge in [0.15, 0.2) is 0 Å². The molecule has 10 heteroatoms. The van der Waals surface area contributed by atoms with Crippen molar-refractivity contribution >= 4 is 5.97 Å². The molecule has 1 aliphatic rings. The summed E-state index contributed by atoms with van der Waals surface area (Å²) in [7, 11) is 0. The lowest BCUT2D eigenvalue weighted by Crippen LogP contribution is -2.45. The van der Waals surface area contributed by atoms with Crippen LogP contribution < -0.4 is 0 Å². The van der Waals surface area contributed by atoms with Crippen molar-refractivity contribution in [2.75, 3.05) is 66.1 Å². The predicted molar refractivity (Wildman–Crippen MR) is 161 cm³/mol. The van der Waals surface area contributed by atoms with Crippen LogP contribution in [0.25, 0.3) is 0 Å². The number of ether oxygens (including phenoxy) is 6. The molecular formula is C32H60O10. The maximum absolute atomic E-state index is 12.1. The molecule has 0 radical (unpaired) electrons. The number of allylic oxidation sites excluding steroid dienone is 2. The van der Waals surface area contributed by atoms with E-state index in [4.69, 9.17) is 33.5 Å². The maximum Gasteiger partial charge on any atom is 0.305 e. The Morgan fingerprint density at radius 3 is 2.07 bits per heavy atom. The summed E-state index contributed by atoms with van der Waals surface area (Å²) in [4.78, 5) is 12.1. The average Bonchev–Trinajstić information content (AvgIpc) is 3.40. The Balaban J connectivity index is 2.13. The van der Waals surface area contributed by atoms with Gasteiger partial charge in [-0.05, 0) is 32.1 Å². The van der Waals surface area contributed by atoms with Crippen LogP contribution in [0.3, 0.4) is 0 Å². The fourth-order valence-electron chi connectivity index (χ4n) is 4.93. The van der Waals surface area contributed by atoms with Gasteiger partial charge in [0.05, 0.1) is 59.5 Å². The molecule has 1 fully saturated rings. The van der Waals surface area contributed by atoms with Crippen molar-refractivity contribution in [2.24, 2.45) is 0 Å². The normalized spacial score (nSPS) is 19.6. The van der Waals surface area contributed by atoms with Gasteiger partial charge in [-0.2, -0.15) is 0 Å². The molecule has 1 aliphatic heterocycles. The first kappa shape index (κ1) is 38.9. The van der Waals surface area contributed by atoms with E-state index in [0.29, 0.717) is 6.42 Å². The van der Waals surface area contributed by atoms with Gasteiger partial charge in [-0.15, -0.1) is 0 Å². The summed E-state index contributed by atoms with van der Waals surface area (Å²) in [6.07, 6.45) is 18.8. The maximum atomic E-state index is 12.1. The summed E-state index contributed by atoms with van der Waals surface area (Å²) in [6.45, 7) is 2.87. The zero-order valence-electron chi connectivity index (χ0n) is 26.1. The van der Waals surface area contributed by atoms with Crippen molar-refractivity contribution in [1.29, 1.82) is 0 Å². The second-order valence-electron chi connectivity index (χ2n) is 10.8. The molecule has 0 saturated carbocycles. The van der Waals surface area contributed by atoms with Crippen LogP contribution >= 0.6 is 0 Å². The fourth-order valence-corrected chi connectivity index (χ4v) is 4.93. The number of aliphatic hydroxyl groups is 3. The minimum atomic E-state index is -0.560. The second kappa shape index (κ2) is 28.6. The zero-order valence-corrected chi connectivity index (χ0v) is 26.1. The van der Waals surface area contributed by atoms with E-state index in [0.717, 1.165) is 25.7 Å². The number of carbonyl (C=O) groups excluding carboxylic acids is 1. The van der Waals surface area contributed by atoms with Crippen LogP contribution in [-0.4, -0.2) is 112 Å². The van der Waals surface area contributed by atoms with Crippen LogP contribution in [0.1, 0.15) is 96.8 Å². The molecule has 0 aliphatic carbocycles. The zero-order chi connectivity index (χ0) is 30.5. The van der Waals surface area contributed by atoms with Gasteiger partial charge in [0.2, 0.25) is 0 Å². The largest absolute Gasteiger partial charge is 0.463 e. The Bertz CT molecular complexity index is 632. The molecule has 3 N–H and O–H groups in total. The molecule has 3 unspecified atom stereocenters. The Morgan fingerprint density at radius 1 is 0.786 bits per heavy atom. The van der Waals surface area contributed by atoms with Gasteiger partial charge in [-0.25, -0.2) is 0 Å². The number of carbonyl (C=O) groups is 1. The number of aliphatic hydroxyl groups excluding tert-OH is 3.